The summed E-state index contributed by atoms with van der Waals surface area (Å²) < 4.78 is 16.1. The Bertz CT molecular complexity index is 271. The average Bonchev–Trinajstić information content (AvgIpc) is 2.51. The zero-order valence-electron chi connectivity index (χ0n) is 8.36. The Kier molecular flexibility index (Phi) is 2.12. The summed E-state index contributed by atoms with van der Waals surface area (Å²) in [6.45, 7) is 7.20. The molecule has 78 valence electrons. The van der Waals surface area contributed by atoms with E-state index in [1.54, 1.807) is 19.9 Å². The predicted octanol–water partition coefficient (Wildman–Crippen LogP) is 1.01. The quantitative estimate of drug-likeness (QED) is 0.490. The molecule has 0 saturated carbocycles. The van der Waals surface area contributed by atoms with Crippen LogP contribution in [0.3, 0.4) is 0 Å². The lowest BCUT2D eigenvalue weighted by molar-refractivity contribution is -0.186. The molecule has 2 aliphatic rings. The van der Waals surface area contributed by atoms with Gasteiger partial charge in [-0.15, -0.1) is 6.58 Å². The number of carbonyl (C=O) groups is 1. The highest BCUT2D eigenvalue weighted by Crippen LogP contribution is 2.36. The van der Waals surface area contributed by atoms with Gasteiger partial charge in [0.25, 0.3) is 0 Å². The number of rotatable bonds is 2. The molecule has 0 N–H and O–H groups in total. The molecule has 4 heteroatoms. The van der Waals surface area contributed by atoms with Crippen molar-refractivity contribution in [1.82, 2.24) is 0 Å². The smallest absolute Gasteiger partial charge is 0.338 e. The molecule has 14 heavy (non-hydrogen) atoms. The molecule has 0 radical (unpaired) electrons. The Morgan fingerprint density at radius 1 is 1.50 bits per heavy atom. The van der Waals surface area contributed by atoms with E-state index in [1.807, 2.05) is 0 Å². The van der Waals surface area contributed by atoms with Crippen LogP contribution in [0.4, 0.5) is 0 Å². The molecule has 4 nitrogen and oxygen atoms in total. The predicted molar refractivity (Wildman–Crippen MR) is 48.5 cm³/mol. The zero-order valence-corrected chi connectivity index (χ0v) is 8.36. The van der Waals surface area contributed by atoms with Crippen molar-refractivity contribution >= 4 is 5.97 Å². The van der Waals surface area contributed by atoms with E-state index in [1.165, 1.54) is 0 Å². The summed E-state index contributed by atoms with van der Waals surface area (Å²) in [5.74, 6) is -1.01. The number of carbonyl (C=O) groups excluding carboxylic acids is 1. The van der Waals surface area contributed by atoms with E-state index in [-0.39, 0.29) is 18.2 Å². The van der Waals surface area contributed by atoms with Crippen LogP contribution in [0.15, 0.2) is 12.7 Å². The fourth-order valence-electron chi connectivity index (χ4n) is 1.87. The SMILES string of the molecule is C=CC[C@@H]1OC(=O)[C@H]2OC(C)(C)O[C@@H]12. The summed E-state index contributed by atoms with van der Waals surface area (Å²) in [4.78, 5) is 11.4. The number of hydrogen-bond donors (Lipinski definition) is 0. The first kappa shape index (κ1) is 9.68. The first-order valence-electron chi connectivity index (χ1n) is 4.70. The summed E-state index contributed by atoms with van der Waals surface area (Å²) in [5.41, 5.74) is 0. The highest BCUT2D eigenvalue weighted by Gasteiger charge is 2.55. The highest BCUT2D eigenvalue weighted by molar-refractivity contribution is 5.78. The lowest BCUT2D eigenvalue weighted by Crippen LogP contribution is -2.29. The lowest BCUT2D eigenvalue weighted by Gasteiger charge is -2.20. The molecule has 0 aromatic carbocycles. The van der Waals surface area contributed by atoms with Crippen molar-refractivity contribution in [3.8, 4) is 0 Å². The van der Waals surface area contributed by atoms with Gasteiger partial charge < -0.3 is 14.2 Å². The molecule has 2 saturated heterocycles. The molecule has 0 aromatic rings. The number of esters is 1. The molecule has 0 spiro atoms. The monoisotopic (exact) mass is 198 g/mol. The molecule has 2 aliphatic heterocycles. The van der Waals surface area contributed by atoms with E-state index in [9.17, 15) is 4.79 Å². The van der Waals surface area contributed by atoms with Crippen LogP contribution in [-0.2, 0) is 19.0 Å². The molecule has 2 fully saturated rings. The third kappa shape index (κ3) is 1.44. The Morgan fingerprint density at radius 2 is 2.21 bits per heavy atom. The third-order valence-corrected chi connectivity index (χ3v) is 2.39. The van der Waals surface area contributed by atoms with Crippen molar-refractivity contribution in [2.45, 2.75) is 44.4 Å². The zero-order chi connectivity index (χ0) is 10.3. The number of cyclic esters (lactones) is 1. The average molecular weight is 198 g/mol. The summed E-state index contributed by atoms with van der Waals surface area (Å²) in [7, 11) is 0. The van der Waals surface area contributed by atoms with Crippen LogP contribution in [0.25, 0.3) is 0 Å². The van der Waals surface area contributed by atoms with Crippen LogP contribution in [0.5, 0.6) is 0 Å². The molecule has 0 aromatic heterocycles. The van der Waals surface area contributed by atoms with E-state index < -0.39 is 11.9 Å². The minimum atomic E-state index is -0.686. The number of hydrogen-bond acceptors (Lipinski definition) is 4. The molecule has 0 unspecified atom stereocenters. The molecule has 0 aliphatic carbocycles. The van der Waals surface area contributed by atoms with E-state index in [2.05, 4.69) is 6.58 Å². The van der Waals surface area contributed by atoms with Gasteiger partial charge in [-0.2, -0.15) is 0 Å². The second-order valence-electron chi connectivity index (χ2n) is 4.02. The van der Waals surface area contributed by atoms with Gasteiger partial charge in [0.15, 0.2) is 11.9 Å². The maximum atomic E-state index is 11.4. The van der Waals surface area contributed by atoms with E-state index >= 15 is 0 Å². The minimum Gasteiger partial charge on any atom is -0.457 e. The second-order valence-corrected chi connectivity index (χ2v) is 4.02. The summed E-state index contributed by atoms with van der Waals surface area (Å²) >= 11 is 0. The Labute approximate surface area is 82.8 Å². The normalized spacial score (nSPS) is 39.3. The van der Waals surface area contributed by atoms with Crippen molar-refractivity contribution < 1.29 is 19.0 Å². The van der Waals surface area contributed by atoms with Crippen LogP contribution < -0.4 is 0 Å². The van der Waals surface area contributed by atoms with Crippen LogP contribution in [0.2, 0.25) is 0 Å². The van der Waals surface area contributed by atoms with Crippen LogP contribution in [0.1, 0.15) is 20.3 Å². The molecule has 3 atom stereocenters. The third-order valence-electron chi connectivity index (χ3n) is 2.39. The summed E-state index contributed by atoms with van der Waals surface area (Å²) in [6, 6.07) is 0. The van der Waals surface area contributed by atoms with Gasteiger partial charge in [-0.05, 0) is 13.8 Å². The largest absolute Gasteiger partial charge is 0.457 e. The van der Waals surface area contributed by atoms with Crippen molar-refractivity contribution in [3.05, 3.63) is 12.7 Å². The van der Waals surface area contributed by atoms with Crippen molar-refractivity contribution in [2.24, 2.45) is 0 Å². The minimum absolute atomic E-state index is 0.244. The van der Waals surface area contributed by atoms with Crippen molar-refractivity contribution in [2.75, 3.05) is 0 Å². The molecule has 2 heterocycles. The summed E-state index contributed by atoms with van der Waals surface area (Å²) in [6.07, 6.45) is 1.23. The Morgan fingerprint density at radius 3 is 2.86 bits per heavy atom. The van der Waals surface area contributed by atoms with E-state index in [0.29, 0.717) is 6.42 Å². The molecule has 0 bridgehead atoms. The van der Waals surface area contributed by atoms with Gasteiger partial charge in [-0.1, -0.05) is 6.08 Å². The topological polar surface area (TPSA) is 44.8 Å². The van der Waals surface area contributed by atoms with E-state index in [4.69, 9.17) is 14.2 Å². The van der Waals surface area contributed by atoms with Crippen molar-refractivity contribution in [3.63, 3.8) is 0 Å². The van der Waals surface area contributed by atoms with Gasteiger partial charge in [0.05, 0.1) is 0 Å². The second kappa shape index (κ2) is 3.07. The first-order valence-corrected chi connectivity index (χ1v) is 4.70. The molecule has 2 rings (SSSR count). The van der Waals surface area contributed by atoms with E-state index in [0.717, 1.165) is 0 Å². The lowest BCUT2D eigenvalue weighted by atomic mass is 10.1. The Hall–Kier alpha value is -0.870. The van der Waals surface area contributed by atoms with Gasteiger partial charge in [-0.25, -0.2) is 4.79 Å². The molecule has 0 amide bonds. The van der Waals surface area contributed by atoms with Gasteiger partial charge >= 0.3 is 5.97 Å². The maximum absolute atomic E-state index is 11.4. The fraction of sp³-hybridized carbons (Fsp3) is 0.700. The van der Waals surface area contributed by atoms with Crippen LogP contribution in [0, 0.1) is 0 Å². The van der Waals surface area contributed by atoms with Gasteiger partial charge in [-0.3, -0.25) is 0 Å². The Balaban J connectivity index is 2.14. The number of ether oxygens (including phenoxy) is 3. The van der Waals surface area contributed by atoms with Crippen LogP contribution >= 0.6 is 0 Å². The van der Waals surface area contributed by atoms with Gasteiger partial charge in [0, 0.05) is 6.42 Å². The summed E-state index contributed by atoms with van der Waals surface area (Å²) in [5, 5.41) is 0. The number of fused-ring (bicyclic) bond motifs is 1. The van der Waals surface area contributed by atoms with Gasteiger partial charge in [0.1, 0.15) is 12.2 Å². The van der Waals surface area contributed by atoms with Crippen molar-refractivity contribution in [1.29, 1.82) is 0 Å². The highest BCUT2D eigenvalue weighted by atomic mass is 16.8. The molecular formula is C10H14O4. The van der Waals surface area contributed by atoms with Gasteiger partial charge in [0.2, 0.25) is 0 Å². The maximum Gasteiger partial charge on any atom is 0.338 e. The van der Waals surface area contributed by atoms with Crippen LogP contribution in [-0.4, -0.2) is 30.1 Å². The standard InChI is InChI=1S/C10H14O4/c1-4-5-6-7-8(9(11)12-6)14-10(2,3)13-7/h4,6-8H,1,5H2,2-3H3/t6-,7-,8-/m0/s1. The molecular weight excluding hydrogens is 184 g/mol. The fourth-order valence-corrected chi connectivity index (χ4v) is 1.87. The first-order chi connectivity index (χ1) is 6.53.